The topological polar surface area (TPSA) is 17.1 Å². The molecule has 0 spiro atoms. The predicted molar refractivity (Wildman–Crippen MR) is 69.6 cm³/mol. The van der Waals surface area contributed by atoms with Crippen molar-refractivity contribution in [3.8, 4) is 0 Å². The van der Waals surface area contributed by atoms with Crippen LogP contribution in [0.1, 0.15) is 31.7 Å². The average Bonchev–Trinajstić information content (AvgIpc) is 3.08. The number of allylic oxidation sites excluding steroid dienone is 2. The van der Waals surface area contributed by atoms with Gasteiger partial charge in [0.15, 0.2) is 5.78 Å². The molecular weight excluding hydrogens is 264 g/mol. The van der Waals surface area contributed by atoms with Gasteiger partial charge in [0.05, 0.1) is 4.48 Å². The van der Waals surface area contributed by atoms with Crippen LogP contribution in [0.25, 0.3) is 0 Å². The van der Waals surface area contributed by atoms with Gasteiger partial charge in [-0.05, 0) is 47.7 Å². The van der Waals surface area contributed by atoms with E-state index in [1.807, 2.05) is 32.0 Å². The van der Waals surface area contributed by atoms with E-state index in [1.54, 1.807) is 0 Å². The largest absolute Gasteiger partial charge is 0.293 e. The summed E-state index contributed by atoms with van der Waals surface area (Å²) in [5, 5.41) is 0. The van der Waals surface area contributed by atoms with Gasteiger partial charge in [0.25, 0.3) is 0 Å². The van der Waals surface area contributed by atoms with Crippen molar-refractivity contribution in [1.29, 1.82) is 0 Å². The molecule has 0 amide bonds. The van der Waals surface area contributed by atoms with Crippen molar-refractivity contribution in [2.75, 3.05) is 0 Å². The molecular formula is C14H15BrO. The zero-order chi connectivity index (χ0) is 11.7. The number of ketones is 1. The standard InChI is InChI=1S/C14H15BrO/c1-9(2)13(15)14(16)12-8-11(12)10-6-4-3-5-7-10/h3-7,11-12H,8H2,1-2H3. The Morgan fingerprint density at radius 1 is 1.25 bits per heavy atom. The van der Waals surface area contributed by atoms with E-state index in [4.69, 9.17) is 0 Å². The number of carbonyl (C=O) groups is 1. The molecule has 1 aromatic rings. The van der Waals surface area contributed by atoms with Crippen LogP contribution in [0.3, 0.4) is 0 Å². The molecule has 2 atom stereocenters. The van der Waals surface area contributed by atoms with Crippen molar-refractivity contribution in [3.63, 3.8) is 0 Å². The Kier molecular flexibility index (Phi) is 3.29. The van der Waals surface area contributed by atoms with Crippen LogP contribution in [0.2, 0.25) is 0 Å². The van der Waals surface area contributed by atoms with Gasteiger partial charge in [-0.2, -0.15) is 0 Å². The minimum atomic E-state index is 0.187. The zero-order valence-corrected chi connectivity index (χ0v) is 11.1. The Morgan fingerprint density at radius 2 is 1.88 bits per heavy atom. The van der Waals surface area contributed by atoms with Gasteiger partial charge in [0.1, 0.15) is 0 Å². The van der Waals surface area contributed by atoms with Crippen LogP contribution in [0, 0.1) is 5.92 Å². The molecule has 0 N–H and O–H groups in total. The molecule has 1 aromatic carbocycles. The second-order valence-corrected chi connectivity index (χ2v) is 5.33. The molecule has 84 valence electrons. The molecule has 2 unspecified atom stereocenters. The minimum absolute atomic E-state index is 0.187. The monoisotopic (exact) mass is 278 g/mol. The van der Waals surface area contributed by atoms with Crippen molar-refractivity contribution >= 4 is 21.7 Å². The maximum Gasteiger partial charge on any atom is 0.173 e. The summed E-state index contributed by atoms with van der Waals surface area (Å²) in [6, 6.07) is 10.3. The summed E-state index contributed by atoms with van der Waals surface area (Å²) in [4.78, 5) is 12.0. The van der Waals surface area contributed by atoms with E-state index in [9.17, 15) is 4.79 Å². The van der Waals surface area contributed by atoms with Crippen LogP contribution in [0.4, 0.5) is 0 Å². The SMILES string of the molecule is CC(C)=C(Br)C(=O)C1CC1c1ccccc1. The van der Waals surface area contributed by atoms with Crippen LogP contribution >= 0.6 is 15.9 Å². The second kappa shape index (κ2) is 4.54. The fourth-order valence-corrected chi connectivity index (χ4v) is 2.26. The summed E-state index contributed by atoms with van der Waals surface area (Å²) in [7, 11) is 0. The molecule has 0 saturated heterocycles. The first kappa shape index (κ1) is 11.6. The van der Waals surface area contributed by atoms with Gasteiger partial charge in [-0.3, -0.25) is 4.79 Å². The van der Waals surface area contributed by atoms with Crippen LogP contribution in [0.5, 0.6) is 0 Å². The molecule has 0 aromatic heterocycles. The van der Waals surface area contributed by atoms with E-state index in [2.05, 4.69) is 28.1 Å². The van der Waals surface area contributed by atoms with Gasteiger partial charge in [0, 0.05) is 5.92 Å². The van der Waals surface area contributed by atoms with Crippen molar-refractivity contribution < 1.29 is 4.79 Å². The van der Waals surface area contributed by atoms with Gasteiger partial charge in [-0.25, -0.2) is 0 Å². The lowest BCUT2D eigenvalue weighted by atomic mass is 10.1. The van der Waals surface area contributed by atoms with Crippen LogP contribution in [-0.2, 0) is 4.79 Å². The average molecular weight is 279 g/mol. The Morgan fingerprint density at radius 3 is 2.44 bits per heavy atom. The molecule has 1 aliphatic rings. The van der Waals surface area contributed by atoms with Gasteiger partial charge in [-0.1, -0.05) is 35.9 Å². The molecule has 2 rings (SSSR count). The van der Waals surface area contributed by atoms with Gasteiger partial charge in [-0.15, -0.1) is 0 Å². The molecule has 2 heteroatoms. The third-order valence-corrected chi connectivity index (χ3v) is 4.19. The van der Waals surface area contributed by atoms with Gasteiger partial charge < -0.3 is 0 Å². The third-order valence-electron chi connectivity index (χ3n) is 3.01. The lowest BCUT2D eigenvalue weighted by Gasteiger charge is -2.01. The third kappa shape index (κ3) is 2.27. The fourth-order valence-electron chi connectivity index (χ4n) is 1.96. The Labute approximate surface area is 105 Å². The number of hydrogen-bond donors (Lipinski definition) is 0. The number of halogens is 1. The van der Waals surface area contributed by atoms with E-state index >= 15 is 0 Å². The van der Waals surface area contributed by atoms with Gasteiger partial charge in [0.2, 0.25) is 0 Å². The molecule has 0 aliphatic heterocycles. The Hall–Kier alpha value is -0.890. The molecule has 16 heavy (non-hydrogen) atoms. The molecule has 0 radical (unpaired) electrons. The van der Waals surface area contributed by atoms with Crippen LogP contribution in [0.15, 0.2) is 40.4 Å². The number of benzene rings is 1. The predicted octanol–water partition coefficient (Wildman–Crippen LogP) is 4.05. The van der Waals surface area contributed by atoms with Crippen molar-refractivity contribution in [1.82, 2.24) is 0 Å². The van der Waals surface area contributed by atoms with E-state index in [-0.39, 0.29) is 11.7 Å². The van der Waals surface area contributed by atoms with Crippen LogP contribution in [-0.4, -0.2) is 5.78 Å². The zero-order valence-electron chi connectivity index (χ0n) is 9.53. The maximum absolute atomic E-state index is 12.0. The normalized spacial score (nSPS) is 22.7. The summed E-state index contributed by atoms with van der Waals surface area (Å²) < 4.78 is 0.760. The summed E-state index contributed by atoms with van der Waals surface area (Å²) in [6.07, 6.45) is 0.991. The molecule has 0 heterocycles. The maximum atomic E-state index is 12.0. The molecule has 1 nitrogen and oxygen atoms in total. The smallest absolute Gasteiger partial charge is 0.173 e. The number of carbonyl (C=O) groups excluding carboxylic acids is 1. The second-order valence-electron chi connectivity index (χ2n) is 4.54. The lowest BCUT2D eigenvalue weighted by Crippen LogP contribution is -2.03. The quantitative estimate of drug-likeness (QED) is 0.763. The van der Waals surface area contributed by atoms with E-state index in [0.717, 1.165) is 16.5 Å². The number of rotatable bonds is 3. The highest BCUT2D eigenvalue weighted by atomic mass is 79.9. The first-order valence-corrected chi connectivity index (χ1v) is 6.32. The van der Waals surface area contributed by atoms with E-state index in [1.165, 1.54) is 5.56 Å². The summed E-state index contributed by atoms with van der Waals surface area (Å²) in [5.74, 6) is 0.876. The number of hydrogen-bond acceptors (Lipinski definition) is 1. The van der Waals surface area contributed by atoms with E-state index in [0.29, 0.717) is 5.92 Å². The van der Waals surface area contributed by atoms with Crippen molar-refractivity contribution in [3.05, 3.63) is 46.0 Å². The fraction of sp³-hybridized carbons (Fsp3) is 0.357. The Balaban J connectivity index is 2.08. The highest BCUT2D eigenvalue weighted by molar-refractivity contribution is 9.12. The van der Waals surface area contributed by atoms with Crippen LogP contribution < -0.4 is 0 Å². The van der Waals surface area contributed by atoms with Gasteiger partial charge >= 0.3 is 0 Å². The van der Waals surface area contributed by atoms with Crippen molar-refractivity contribution in [2.45, 2.75) is 26.2 Å². The first-order chi connectivity index (χ1) is 7.61. The minimum Gasteiger partial charge on any atom is -0.293 e. The summed E-state index contributed by atoms with van der Waals surface area (Å²) >= 11 is 3.38. The Bertz CT molecular complexity index is 429. The van der Waals surface area contributed by atoms with E-state index < -0.39 is 0 Å². The lowest BCUT2D eigenvalue weighted by molar-refractivity contribution is -0.116. The summed E-state index contributed by atoms with van der Waals surface area (Å²) in [5.41, 5.74) is 2.35. The summed E-state index contributed by atoms with van der Waals surface area (Å²) in [6.45, 7) is 3.92. The molecule has 1 aliphatic carbocycles. The first-order valence-electron chi connectivity index (χ1n) is 5.53. The number of Topliss-reactive ketones (excluding diaryl/α,β-unsaturated/α-hetero) is 1. The highest BCUT2D eigenvalue weighted by Crippen LogP contribution is 2.49. The van der Waals surface area contributed by atoms with Crippen molar-refractivity contribution in [2.24, 2.45) is 5.92 Å². The molecule has 1 fully saturated rings. The molecule has 1 saturated carbocycles. The molecule has 0 bridgehead atoms. The highest BCUT2D eigenvalue weighted by Gasteiger charge is 2.44.